The third-order valence-electron chi connectivity index (χ3n) is 17.2. The summed E-state index contributed by atoms with van der Waals surface area (Å²) in [6.45, 7) is 1.68. The van der Waals surface area contributed by atoms with Gasteiger partial charge in [-0.05, 0) is 70.6 Å². The van der Waals surface area contributed by atoms with Gasteiger partial charge in [-0.3, -0.25) is 4.79 Å². The molecule has 3 aliphatic rings. The Balaban J connectivity index is 1.42. The number of carbonyl (C=O) groups excluding carboxylic acids is 1. The van der Waals surface area contributed by atoms with Crippen LogP contribution in [-0.2, 0) is 33.2 Å². The van der Waals surface area contributed by atoms with Crippen molar-refractivity contribution in [3.8, 4) is 0 Å². The molecule has 91 heavy (non-hydrogen) atoms. The van der Waals surface area contributed by atoms with Crippen molar-refractivity contribution in [3.63, 3.8) is 0 Å². The molecule has 19 nitrogen and oxygen atoms in total. The molecule has 3 saturated heterocycles. The summed E-state index contributed by atoms with van der Waals surface area (Å²) in [7, 11) is 0. The van der Waals surface area contributed by atoms with E-state index >= 15 is 0 Å². The van der Waals surface area contributed by atoms with Gasteiger partial charge in [0.2, 0.25) is 5.91 Å². The number of unbranched alkanes of at least 4 members (excludes halogenated alkanes) is 23. The van der Waals surface area contributed by atoms with E-state index in [0.29, 0.717) is 12.8 Å². The highest BCUT2D eigenvalue weighted by Gasteiger charge is 2.53. The van der Waals surface area contributed by atoms with Crippen molar-refractivity contribution >= 4 is 5.91 Å². The van der Waals surface area contributed by atoms with Gasteiger partial charge in [-0.15, -0.1) is 0 Å². The minimum atomic E-state index is -1.98. The molecule has 0 bridgehead atoms. The summed E-state index contributed by atoms with van der Waals surface area (Å²) < 4.78 is 34.4. The van der Waals surface area contributed by atoms with Gasteiger partial charge in [0, 0.05) is 6.42 Å². The van der Waals surface area contributed by atoms with Crippen LogP contribution in [0.15, 0.2) is 85.1 Å². The zero-order valence-corrected chi connectivity index (χ0v) is 55.5. The molecular formula is C72H125NO18. The Labute approximate surface area is 546 Å². The molecule has 3 aliphatic heterocycles. The Morgan fingerprint density at radius 2 is 0.758 bits per heavy atom. The fraction of sp³-hybridized carbons (Fsp3) is 0.792. The molecule has 526 valence electrons. The highest BCUT2D eigenvalue weighted by atomic mass is 16.8. The van der Waals surface area contributed by atoms with Crippen LogP contribution in [0.25, 0.3) is 0 Å². The maximum absolute atomic E-state index is 13.4. The van der Waals surface area contributed by atoms with Crippen molar-refractivity contribution in [2.45, 2.75) is 336 Å². The van der Waals surface area contributed by atoms with Crippen LogP contribution in [-0.4, -0.2) is 193 Å². The molecule has 0 saturated carbocycles. The Morgan fingerprint density at radius 1 is 0.407 bits per heavy atom. The number of allylic oxidation sites excluding steroid dienone is 14. The zero-order chi connectivity index (χ0) is 66.1. The average Bonchev–Trinajstić information content (AvgIpc) is 0.884. The van der Waals surface area contributed by atoms with Crippen LogP contribution < -0.4 is 5.32 Å². The van der Waals surface area contributed by atoms with E-state index in [1.54, 1.807) is 0 Å². The fourth-order valence-electron chi connectivity index (χ4n) is 11.5. The van der Waals surface area contributed by atoms with Gasteiger partial charge in [-0.1, -0.05) is 240 Å². The standard InChI is InChI=1S/C72H125NO18/c1-3-5-7-9-11-13-15-17-19-21-22-23-24-25-26-27-28-29-30-31-32-34-36-38-40-42-44-46-48-50-60(78)73-55(56(77)49-47-45-43-41-39-37-35-33-20-18-16-14-12-10-8-6-4-2)54-86-70-66(84)63(81)68(58(52-75)88-70)91-72-67(85)64(82)69(59(53-76)89-72)90-71-65(83)62(80)61(79)57(51-74)87-71/h5,7,11,13,17,19,22-23,25-26,28-29,31-32,55-59,61-72,74-77,79-85H,3-4,6,8-10,12,14-16,18,20-21,24,27,30,33-54H2,1-2H3,(H,73,78)/b7-5-,13-11-,19-17-,23-22-,26-25-,29-28-,32-31-. The summed E-state index contributed by atoms with van der Waals surface area (Å²) in [6.07, 6.45) is 40.8. The van der Waals surface area contributed by atoms with Gasteiger partial charge in [0.1, 0.15) is 73.2 Å². The van der Waals surface area contributed by atoms with Crippen molar-refractivity contribution in [3.05, 3.63) is 85.1 Å². The quantitative estimate of drug-likeness (QED) is 0.0199. The Bertz CT molecular complexity index is 1980. The van der Waals surface area contributed by atoms with Gasteiger partial charge in [0.25, 0.3) is 0 Å². The lowest BCUT2D eigenvalue weighted by Gasteiger charge is -2.48. The lowest BCUT2D eigenvalue weighted by atomic mass is 9.96. The number of carbonyl (C=O) groups is 1. The predicted octanol–water partition coefficient (Wildman–Crippen LogP) is 9.49. The lowest BCUT2D eigenvalue weighted by Crippen LogP contribution is -2.66. The second-order valence-corrected chi connectivity index (χ2v) is 25.0. The SMILES string of the molecule is CC/C=C\C/C=C\C/C=C\C/C=C\C/C=C\C/C=C\C/C=C\CCCCCCCCCC(=O)NC(COC1OC(CO)C(OC2OC(CO)C(OC3OC(CO)C(O)C(O)C3O)C(O)C2O)C(O)C1O)C(O)CCCCCCCCCCCCCCCCCCC. The van der Waals surface area contributed by atoms with Crippen molar-refractivity contribution in [2.24, 2.45) is 0 Å². The third-order valence-corrected chi connectivity index (χ3v) is 17.2. The molecule has 0 aromatic carbocycles. The third kappa shape index (κ3) is 35.0. The first kappa shape index (κ1) is 82.2. The van der Waals surface area contributed by atoms with Gasteiger partial charge in [0.05, 0.1) is 38.6 Å². The molecule has 1 amide bonds. The van der Waals surface area contributed by atoms with Crippen LogP contribution in [0.1, 0.15) is 232 Å². The molecule has 0 aromatic heterocycles. The minimum Gasteiger partial charge on any atom is -0.394 e. The molecular weight excluding hydrogens is 1170 g/mol. The van der Waals surface area contributed by atoms with Gasteiger partial charge in [-0.25, -0.2) is 0 Å². The Hall–Kier alpha value is -3.03. The highest BCUT2D eigenvalue weighted by Crippen LogP contribution is 2.33. The van der Waals surface area contributed by atoms with E-state index in [1.807, 2.05) is 0 Å². The second kappa shape index (κ2) is 53.2. The van der Waals surface area contributed by atoms with Gasteiger partial charge < -0.3 is 89.9 Å². The number of hydrogen-bond acceptors (Lipinski definition) is 18. The van der Waals surface area contributed by atoms with E-state index in [4.69, 9.17) is 28.4 Å². The first-order valence-corrected chi connectivity index (χ1v) is 35.3. The first-order chi connectivity index (χ1) is 44.3. The smallest absolute Gasteiger partial charge is 0.220 e. The van der Waals surface area contributed by atoms with Crippen molar-refractivity contribution < 1.29 is 89.4 Å². The van der Waals surface area contributed by atoms with E-state index in [1.165, 1.54) is 83.5 Å². The number of hydrogen-bond donors (Lipinski definition) is 12. The molecule has 0 spiro atoms. The largest absolute Gasteiger partial charge is 0.394 e. The molecule has 0 aliphatic carbocycles. The number of aliphatic hydroxyl groups is 11. The Morgan fingerprint density at radius 3 is 1.19 bits per heavy atom. The van der Waals surface area contributed by atoms with E-state index in [0.717, 1.165) is 116 Å². The number of aliphatic hydroxyl groups excluding tert-OH is 11. The molecule has 12 N–H and O–H groups in total. The van der Waals surface area contributed by atoms with Crippen LogP contribution >= 0.6 is 0 Å². The van der Waals surface area contributed by atoms with E-state index in [-0.39, 0.29) is 18.9 Å². The Kier molecular flexibility index (Phi) is 48.0. The summed E-state index contributed by atoms with van der Waals surface area (Å²) in [6, 6.07) is -0.899. The summed E-state index contributed by atoms with van der Waals surface area (Å²) in [5, 5.41) is 121. The second-order valence-electron chi connectivity index (χ2n) is 25.0. The normalized spacial score (nSPS) is 28.4. The predicted molar refractivity (Wildman–Crippen MR) is 355 cm³/mol. The van der Waals surface area contributed by atoms with Crippen LogP contribution in [0.5, 0.6) is 0 Å². The van der Waals surface area contributed by atoms with Gasteiger partial charge in [-0.2, -0.15) is 0 Å². The molecule has 19 heteroatoms. The van der Waals surface area contributed by atoms with Crippen LogP contribution in [0.3, 0.4) is 0 Å². The number of ether oxygens (including phenoxy) is 6. The maximum Gasteiger partial charge on any atom is 0.220 e. The van der Waals surface area contributed by atoms with Crippen LogP contribution in [0.4, 0.5) is 0 Å². The van der Waals surface area contributed by atoms with Gasteiger partial charge in [0.15, 0.2) is 18.9 Å². The summed E-state index contributed by atoms with van der Waals surface area (Å²) in [5.74, 6) is -0.257. The summed E-state index contributed by atoms with van der Waals surface area (Å²) in [5.41, 5.74) is 0. The van der Waals surface area contributed by atoms with Crippen LogP contribution in [0.2, 0.25) is 0 Å². The maximum atomic E-state index is 13.4. The average molecular weight is 1290 g/mol. The summed E-state index contributed by atoms with van der Waals surface area (Å²) in [4.78, 5) is 13.4. The molecule has 0 radical (unpaired) electrons. The lowest BCUT2D eigenvalue weighted by molar-refractivity contribution is -0.379. The molecule has 0 aromatic rings. The molecule has 17 unspecified atom stereocenters. The first-order valence-electron chi connectivity index (χ1n) is 35.3. The zero-order valence-electron chi connectivity index (χ0n) is 55.5. The van der Waals surface area contributed by atoms with E-state index < -0.39 is 124 Å². The van der Waals surface area contributed by atoms with Crippen molar-refractivity contribution in [2.75, 3.05) is 26.4 Å². The van der Waals surface area contributed by atoms with Gasteiger partial charge >= 0.3 is 0 Å². The fourth-order valence-corrected chi connectivity index (χ4v) is 11.5. The number of rotatable bonds is 53. The molecule has 3 rings (SSSR count). The van der Waals surface area contributed by atoms with Crippen molar-refractivity contribution in [1.29, 1.82) is 0 Å². The van der Waals surface area contributed by atoms with E-state index in [9.17, 15) is 61.0 Å². The number of nitrogens with one attached hydrogen (secondary N) is 1. The minimum absolute atomic E-state index is 0.248. The number of amides is 1. The summed E-state index contributed by atoms with van der Waals surface area (Å²) >= 11 is 0. The van der Waals surface area contributed by atoms with Crippen LogP contribution in [0, 0.1) is 0 Å². The van der Waals surface area contributed by atoms with Crippen molar-refractivity contribution in [1.82, 2.24) is 5.32 Å². The molecule has 3 heterocycles. The van der Waals surface area contributed by atoms with E-state index in [2.05, 4.69) is 104 Å². The topological polar surface area (TPSA) is 307 Å². The molecule has 17 atom stereocenters. The monoisotopic (exact) mass is 1290 g/mol. The molecule has 3 fully saturated rings. The highest BCUT2D eigenvalue weighted by molar-refractivity contribution is 5.76.